The number of ether oxygens (including phenoxy) is 1. The molecule has 5 nitrogen and oxygen atoms in total. The lowest BCUT2D eigenvalue weighted by molar-refractivity contribution is 0.0596. The first-order valence-corrected chi connectivity index (χ1v) is 5.38. The SMILES string of the molecule is COC(=O)c1ncsc1Nc1cccnc1. The number of hydrogen-bond donors (Lipinski definition) is 1. The summed E-state index contributed by atoms with van der Waals surface area (Å²) in [5, 5.41) is 3.71. The molecule has 0 aliphatic rings. The molecule has 16 heavy (non-hydrogen) atoms. The van der Waals surface area contributed by atoms with Crippen molar-refractivity contribution in [2.24, 2.45) is 0 Å². The van der Waals surface area contributed by atoms with Crippen LogP contribution in [0.4, 0.5) is 10.7 Å². The third kappa shape index (κ3) is 2.17. The van der Waals surface area contributed by atoms with Gasteiger partial charge in [-0.15, -0.1) is 11.3 Å². The Morgan fingerprint density at radius 2 is 2.44 bits per heavy atom. The Labute approximate surface area is 96.1 Å². The Balaban J connectivity index is 2.22. The molecule has 1 N–H and O–H groups in total. The number of hydrogen-bond acceptors (Lipinski definition) is 6. The van der Waals surface area contributed by atoms with Gasteiger partial charge in [0.15, 0.2) is 5.69 Å². The maximum absolute atomic E-state index is 11.4. The minimum atomic E-state index is -0.451. The van der Waals surface area contributed by atoms with Crippen LogP contribution in [-0.2, 0) is 4.74 Å². The van der Waals surface area contributed by atoms with Crippen LogP contribution < -0.4 is 5.32 Å². The van der Waals surface area contributed by atoms with Crippen molar-refractivity contribution < 1.29 is 9.53 Å². The summed E-state index contributed by atoms with van der Waals surface area (Å²) in [6, 6.07) is 3.66. The highest BCUT2D eigenvalue weighted by Gasteiger charge is 2.15. The van der Waals surface area contributed by atoms with Crippen LogP contribution in [-0.4, -0.2) is 23.0 Å². The predicted octanol–water partition coefficient (Wildman–Crippen LogP) is 2.07. The third-order valence-corrected chi connectivity index (χ3v) is 2.61. The molecule has 0 spiro atoms. The molecule has 82 valence electrons. The molecular formula is C10H9N3O2S. The normalized spacial score (nSPS) is 9.81. The Kier molecular flexibility index (Phi) is 3.11. The standard InChI is InChI=1S/C10H9N3O2S/c1-15-10(14)8-9(16-6-12-8)13-7-3-2-4-11-5-7/h2-6,13H,1H3. The second kappa shape index (κ2) is 4.71. The van der Waals surface area contributed by atoms with E-state index in [-0.39, 0.29) is 5.69 Å². The quantitative estimate of drug-likeness (QED) is 0.825. The van der Waals surface area contributed by atoms with Crippen LogP contribution in [0.5, 0.6) is 0 Å². The van der Waals surface area contributed by atoms with Gasteiger partial charge < -0.3 is 10.1 Å². The van der Waals surface area contributed by atoms with Gasteiger partial charge in [-0.05, 0) is 12.1 Å². The van der Waals surface area contributed by atoms with Gasteiger partial charge in [0.05, 0.1) is 24.5 Å². The first-order chi connectivity index (χ1) is 7.81. The van der Waals surface area contributed by atoms with Crippen molar-refractivity contribution in [3.05, 3.63) is 35.7 Å². The summed E-state index contributed by atoms with van der Waals surface area (Å²) in [6.07, 6.45) is 3.35. The molecule has 2 rings (SSSR count). The summed E-state index contributed by atoms with van der Waals surface area (Å²) < 4.78 is 4.62. The van der Waals surface area contributed by atoms with E-state index in [1.54, 1.807) is 24.0 Å². The number of carbonyl (C=O) groups is 1. The number of carbonyl (C=O) groups excluding carboxylic acids is 1. The van der Waals surface area contributed by atoms with Crippen molar-refractivity contribution in [3.63, 3.8) is 0 Å². The van der Waals surface area contributed by atoms with Crippen LogP contribution in [0.15, 0.2) is 30.0 Å². The summed E-state index contributed by atoms with van der Waals surface area (Å²) in [5.74, 6) is -0.451. The largest absolute Gasteiger partial charge is 0.464 e. The first-order valence-electron chi connectivity index (χ1n) is 4.50. The van der Waals surface area contributed by atoms with E-state index in [1.807, 2.05) is 6.07 Å². The van der Waals surface area contributed by atoms with Gasteiger partial charge >= 0.3 is 5.97 Å². The zero-order valence-electron chi connectivity index (χ0n) is 8.51. The van der Waals surface area contributed by atoms with Crippen LogP contribution >= 0.6 is 11.3 Å². The lowest BCUT2D eigenvalue weighted by Gasteiger charge is -2.03. The Morgan fingerprint density at radius 3 is 3.12 bits per heavy atom. The molecule has 2 aromatic rings. The molecule has 2 aromatic heterocycles. The van der Waals surface area contributed by atoms with Crippen molar-refractivity contribution in [2.75, 3.05) is 12.4 Å². The number of methoxy groups -OCH3 is 1. The van der Waals surface area contributed by atoms with Crippen molar-refractivity contribution in [1.29, 1.82) is 0 Å². The summed E-state index contributed by atoms with van der Waals surface area (Å²) in [6.45, 7) is 0. The van der Waals surface area contributed by atoms with E-state index in [2.05, 4.69) is 20.0 Å². The molecule has 0 atom stereocenters. The zero-order chi connectivity index (χ0) is 11.4. The summed E-state index contributed by atoms with van der Waals surface area (Å²) in [5.41, 5.74) is 2.68. The molecule has 0 saturated heterocycles. The van der Waals surface area contributed by atoms with Gasteiger partial charge in [-0.25, -0.2) is 9.78 Å². The number of thiazole rings is 1. The highest BCUT2D eigenvalue weighted by Crippen LogP contribution is 2.24. The van der Waals surface area contributed by atoms with Crippen LogP contribution in [0, 0.1) is 0 Å². The van der Waals surface area contributed by atoms with E-state index in [0.29, 0.717) is 5.00 Å². The molecule has 0 fully saturated rings. The highest BCUT2D eigenvalue weighted by molar-refractivity contribution is 7.14. The molecule has 0 aromatic carbocycles. The molecular weight excluding hydrogens is 226 g/mol. The average Bonchev–Trinajstić information content (AvgIpc) is 2.77. The molecule has 0 saturated carbocycles. The average molecular weight is 235 g/mol. The molecule has 0 amide bonds. The van der Waals surface area contributed by atoms with Crippen molar-refractivity contribution in [1.82, 2.24) is 9.97 Å². The zero-order valence-corrected chi connectivity index (χ0v) is 9.32. The summed E-state index contributed by atoms with van der Waals surface area (Å²) in [4.78, 5) is 19.3. The Hall–Kier alpha value is -1.95. The monoisotopic (exact) mass is 235 g/mol. The fourth-order valence-corrected chi connectivity index (χ4v) is 1.83. The number of nitrogens with zero attached hydrogens (tertiary/aromatic N) is 2. The number of pyridine rings is 1. The summed E-state index contributed by atoms with van der Waals surface area (Å²) >= 11 is 1.34. The highest BCUT2D eigenvalue weighted by atomic mass is 32.1. The van der Waals surface area contributed by atoms with Crippen LogP contribution in [0.2, 0.25) is 0 Å². The van der Waals surface area contributed by atoms with Crippen LogP contribution in [0.25, 0.3) is 0 Å². The number of nitrogens with one attached hydrogen (secondary N) is 1. The minimum Gasteiger partial charge on any atom is -0.464 e. The third-order valence-electron chi connectivity index (χ3n) is 1.87. The minimum absolute atomic E-state index is 0.288. The van der Waals surface area contributed by atoms with E-state index < -0.39 is 5.97 Å². The molecule has 0 radical (unpaired) electrons. The van der Waals surface area contributed by atoms with Gasteiger partial charge in [-0.3, -0.25) is 4.98 Å². The topological polar surface area (TPSA) is 64.1 Å². The van der Waals surface area contributed by atoms with E-state index in [0.717, 1.165) is 5.69 Å². The smallest absolute Gasteiger partial charge is 0.359 e. The van der Waals surface area contributed by atoms with Gasteiger partial charge in [0.25, 0.3) is 0 Å². The second-order valence-electron chi connectivity index (χ2n) is 2.89. The maximum atomic E-state index is 11.4. The Morgan fingerprint density at radius 1 is 1.56 bits per heavy atom. The van der Waals surface area contributed by atoms with Crippen molar-refractivity contribution in [3.8, 4) is 0 Å². The van der Waals surface area contributed by atoms with E-state index in [1.165, 1.54) is 18.4 Å². The number of aromatic nitrogens is 2. The fraction of sp³-hybridized carbons (Fsp3) is 0.100. The van der Waals surface area contributed by atoms with Gasteiger partial charge in [0.2, 0.25) is 0 Å². The molecule has 0 bridgehead atoms. The second-order valence-corrected chi connectivity index (χ2v) is 3.74. The fourth-order valence-electron chi connectivity index (χ4n) is 1.14. The maximum Gasteiger partial charge on any atom is 0.359 e. The lowest BCUT2D eigenvalue weighted by Crippen LogP contribution is -2.04. The van der Waals surface area contributed by atoms with Crippen molar-refractivity contribution in [2.45, 2.75) is 0 Å². The number of anilines is 2. The van der Waals surface area contributed by atoms with Gasteiger partial charge in [0, 0.05) is 6.20 Å². The van der Waals surface area contributed by atoms with Crippen molar-refractivity contribution >= 4 is 28.0 Å². The van der Waals surface area contributed by atoms with E-state index >= 15 is 0 Å². The first kappa shape index (κ1) is 10.6. The van der Waals surface area contributed by atoms with Crippen LogP contribution in [0.1, 0.15) is 10.5 Å². The molecule has 6 heteroatoms. The molecule has 0 unspecified atom stereocenters. The van der Waals surface area contributed by atoms with E-state index in [9.17, 15) is 4.79 Å². The Bertz CT molecular complexity index is 484. The number of esters is 1. The lowest BCUT2D eigenvalue weighted by atomic mass is 10.4. The molecule has 0 aliphatic heterocycles. The van der Waals surface area contributed by atoms with Gasteiger partial charge in [0.1, 0.15) is 5.00 Å². The summed E-state index contributed by atoms with van der Waals surface area (Å²) in [7, 11) is 1.33. The molecule has 0 aliphatic carbocycles. The van der Waals surface area contributed by atoms with E-state index in [4.69, 9.17) is 0 Å². The predicted molar refractivity (Wildman–Crippen MR) is 61.0 cm³/mol. The van der Waals surface area contributed by atoms with Gasteiger partial charge in [-0.2, -0.15) is 0 Å². The van der Waals surface area contributed by atoms with Crippen LogP contribution in [0.3, 0.4) is 0 Å². The molecule has 2 heterocycles. The van der Waals surface area contributed by atoms with Gasteiger partial charge in [-0.1, -0.05) is 0 Å². The number of rotatable bonds is 3.